The fourth-order valence-corrected chi connectivity index (χ4v) is 1.31. The van der Waals surface area contributed by atoms with E-state index in [1.165, 1.54) is 6.92 Å². The smallest absolute Gasteiger partial charge is 0.358 e. The fraction of sp³-hybridized carbons (Fsp3) is 0.571. The third kappa shape index (κ3) is 1.92. The van der Waals surface area contributed by atoms with Gasteiger partial charge in [-0.2, -0.15) is 13.2 Å². The van der Waals surface area contributed by atoms with E-state index in [0.717, 1.165) is 7.05 Å². The topological polar surface area (TPSA) is 61.0 Å². The van der Waals surface area contributed by atoms with Crippen LogP contribution < -0.4 is 0 Å². The van der Waals surface area contributed by atoms with Gasteiger partial charge in [0, 0.05) is 7.05 Å². The van der Waals surface area contributed by atoms with Gasteiger partial charge in [-0.15, -0.1) is 0 Å². The van der Waals surface area contributed by atoms with Gasteiger partial charge in [-0.3, -0.25) is 0 Å². The van der Waals surface area contributed by atoms with Gasteiger partial charge < -0.3 is 14.7 Å². The Kier molecular flexibility index (Phi) is 2.69. The average molecular weight is 223 g/mol. The number of halogens is 3. The summed E-state index contributed by atoms with van der Waals surface area (Å²) in [5.74, 6) is -1.97. The van der Waals surface area contributed by atoms with Crippen LogP contribution in [-0.2, 0) is 19.6 Å². The number of hydrogen-bond acceptors (Lipinski definition) is 3. The molecule has 0 fully saturated rings. The summed E-state index contributed by atoms with van der Waals surface area (Å²) < 4.78 is 37.7. The van der Waals surface area contributed by atoms with Crippen molar-refractivity contribution in [2.24, 2.45) is 7.05 Å². The highest BCUT2D eigenvalue weighted by Gasteiger charge is 2.43. The number of hydrogen-bond donors (Lipinski definition) is 0. The Bertz CT molecular complexity index is 397. The summed E-state index contributed by atoms with van der Waals surface area (Å²) in [5.41, 5.74) is -0.0349. The Morgan fingerprint density at radius 1 is 1.53 bits per heavy atom. The molecule has 0 N–H and O–H groups in total. The van der Waals surface area contributed by atoms with Gasteiger partial charge in [0.2, 0.25) is 0 Å². The SMILES string of the molecule is CCc1c([N+](=O)[O-])nc(C(F)(F)F)n1C. The quantitative estimate of drug-likeness (QED) is 0.568. The molecule has 0 aromatic carbocycles. The first-order chi connectivity index (χ1) is 6.79. The zero-order chi connectivity index (χ0) is 11.8. The van der Waals surface area contributed by atoms with Crippen molar-refractivity contribution < 1.29 is 18.1 Å². The van der Waals surface area contributed by atoms with Gasteiger partial charge in [0.15, 0.2) is 0 Å². The van der Waals surface area contributed by atoms with E-state index in [2.05, 4.69) is 4.98 Å². The highest BCUT2D eigenvalue weighted by atomic mass is 19.4. The van der Waals surface area contributed by atoms with E-state index in [4.69, 9.17) is 0 Å². The molecule has 0 spiro atoms. The minimum atomic E-state index is -4.67. The van der Waals surface area contributed by atoms with Crippen LogP contribution in [0.5, 0.6) is 0 Å². The van der Waals surface area contributed by atoms with Gasteiger partial charge in [-0.05, 0) is 16.3 Å². The Hall–Kier alpha value is -1.60. The number of aromatic nitrogens is 2. The van der Waals surface area contributed by atoms with Crippen molar-refractivity contribution in [3.05, 3.63) is 21.6 Å². The maximum absolute atomic E-state index is 12.3. The molecule has 1 heterocycles. The van der Waals surface area contributed by atoms with E-state index in [-0.39, 0.29) is 12.1 Å². The first-order valence-corrected chi connectivity index (χ1v) is 4.06. The molecule has 0 atom stereocenters. The molecule has 0 bridgehead atoms. The van der Waals surface area contributed by atoms with E-state index >= 15 is 0 Å². The molecule has 15 heavy (non-hydrogen) atoms. The molecule has 1 aromatic rings. The molecule has 0 aliphatic heterocycles. The van der Waals surface area contributed by atoms with Crippen LogP contribution in [0.3, 0.4) is 0 Å². The second-order valence-electron chi connectivity index (χ2n) is 2.87. The number of imidazole rings is 1. The van der Waals surface area contributed by atoms with Crippen LogP contribution in [0.2, 0.25) is 0 Å². The van der Waals surface area contributed by atoms with Crippen molar-refractivity contribution in [1.29, 1.82) is 0 Å². The van der Waals surface area contributed by atoms with Crippen LogP contribution in [-0.4, -0.2) is 14.5 Å². The Balaban J connectivity index is 3.40. The summed E-state index contributed by atoms with van der Waals surface area (Å²) in [5, 5.41) is 10.4. The van der Waals surface area contributed by atoms with Crippen LogP contribution in [0.1, 0.15) is 18.4 Å². The van der Waals surface area contributed by atoms with Crippen molar-refractivity contribution >= 4 is 5.82 Å². The Morgan fingerprint density at radius 3 is 2.33 bits per heavy atom. The molecule has 8 heteroatoms. The number of alkyl halides is 3. The van der Waals surface area contributed by atoms with Gasteiger partial charge in [-0.1, -0.05) is 6.92 Å². The molecule has 5 nitrogen and oxygen atoms in total. The second kappa shape index (κ2) is 3.52. The predicted octanol–water partition coefficient (Wildman–Crippen LogP) is 1.91. The highest BCUT2D eigenvalue weighted by molar-refractivity contribution is 5.30. The summed E-state index contributed by atoms with van der Waals surface area (Å²) in [6.07, 6.45) is -4.55. The molecular formula is C7H8F3N3O2. The van der Waals surface area contributed by atoms with Crippen molar-refractivity contribution in [3.63, 3.8) is 0 Å². The van der Waals surface area contributed by atoms with E-state index in [0.29, 0.717) is 4.57 Å². The van der Waals surface area contributed by atoms with Gasteiger partial charge in [-0.25, -0.2) is 0 Å². The summed E-state index contributed by atoms with van der Waals surface area (Å²) in [6.45, 7) is 1.53. The second-order valence-corrected chi connectivity index (χ2v) is 2.87. The van der Waals surface area contributed by atoms with Gasteiger partial charge in [0.1, 0.15) is 5.69 Å². The van der Waals surface area contributed by atoms with Gasteiger partial charge in [0.05, 0.1) is 0 Å². The highest BCUT2D eigenvalue weighted by Crippen LogP contribution is 2.31. The molecule has 84 valence electrons. The maximum atomic E-state index is 12.3. The normalized spacial score (nSPS) is 11.8. The van der Waals surface area contributed by atoms with Crippen LogP contribution in [0.15, 0.2) is 0 Å². The first-order valence-electron chi connectivity index (χ1n) is 4.06. The van der Waals surface area contributed by atoms with E-state index in [1.54, 1.807) is 0 Å². The van der Waals surface area contributed by atoms with Gasteiger partial charge >= 0.3 is 17.8 Å². The largest absolute Gasteiger partial charge is 0.475 e. The maximum Gasteiger partial charge on any atom is 0.475 e. The molecule has 0 aliphatic carbocycles. The van der Waals surface area contributed by atoms with Crippen molar-refractivity contribution in [2.45, 2.75) is 19.5 Å². The molecule has 0 radical (unpaired) electrons. The van der Waals surface area contributed by atoms with Crippen LogP contribution in [0, 0.1) is 10.1 Å². The third-order valence-corrected chi connectivity index (χ3v) is 1.95. The molecule has 0 saturated heterocycles. The van der Waals surface area contributed by atoms with Crippen molar-refractivity contribution in [2.75, 3.05) is 0 Å². The molecule has 0 aliphatic rings. The lowest BCUT2D eigenvalue weighted by atomic mass is 10.3. The summed E-state index contributed by atoms with van der Waals surface area (Å²) in [4.78, 5) is 12.5. The number of nitro groups is 1. The van der Waals surface area contributed by atoms with Crippen LogP contribution in [0.4, 0.5) is 19.0 Å². The Morgan fingerprint density at radius 2 is 2.07 bits per heavy atom. The zero-order valence-electron chi connectivity index (χ0n) is 8.00. The number of rotatable bonds is 2. The molecule has 1 rings (SSSR count). The van der Waals surface area contributed by atoms with Crippen molar-refractivity contribution in [1.82, 2.24) is 9.55 Å². The lowest BCUT2D eigenvalue weighted by Crippen LogP contribution is -2.13. The van der Waals surface area contributed by atoms with E-state index in [9.17, 15) is 23.3 Å². The minimum absolute atomic E-state index is 0.0349. The summed E-state index contributed by atoms with van der Waals surface area (Å²) >= 11 is 0. The predicted molar refractivity (Wildman–Crippen MR) is 44.2 cm³/mol. The van der Waals surface area contributed by atoms with E-state index < -0.39 is 22.7 Å². The standard InChI is InChI=1S/C7H8F3N3O2/c1-3-4-5(13(14)15)11-6(12(4)2)7(8,9)10/h3H2,1-2H3. The summed E-state index contributed by atoms with van der Waals surface area (Å²) in [7, 11) is 1.11. The zero-order valence-corrected chi connectivity index (χ0v) is 8.00. The van der Waals surface area contributed by atoms with E-state index in [1.807, 2.05) is 0 Å². The van der Waals surface area contributed by atoms with Crippen LogP contribution in [0.25, 0.3) is 0 Å². The monoisotopic (exact) mass is 223 g/mol. The minimum Gasteiger partial charge on any atom is -0.358 e. The number of nitrogens with zero attached hydrogens (tertiary/aromatic N) is 3. The third-order valence-electron chi connectivity index (χ3n) is 1.95. The Labute approximate surface area is 82.7 Å². The molecule has 0 unspecified atom stereocenters. The lowest BCUT2D eigenvalue weighted by Gasteiger charge is -2.02. The first kappa shape index (κ1) is 11.5. The molecule has 0 amide bonds. The fourth-order valence-electron chi connectivity index (χ4n) is 1.31. The van der Waals surface area contributed by atoms with Gasteiger partial charge in [0.25, 0.3) is 0 Å². The molecular weight excluding hydrogens is 215 g/mol. The average Bonchev–Trinajstić information content (AvgIpc) is 2.41. The van der Waals surface area contributed by atoms with Crippen molar-refractivity contribution in [3.8, 4) is 0 Å². The molecule has 1 aromatic heterocycles. The van der Waals surface area contributed by atoms with Crippen LogP contribution >= 0.6 is 0 Å². The summed E-state index contributed by atoms with van der Waals surface area (Å²) in [6, 6.07) is 0. The molecule has 0 saturated carbocycles. The lowest BCUT2D eigenvalue weighted by molar-refractivity contribution is -0.390.